The van der Waals surface area contributed by atoms with Crippen LogP contribution in [-0.2, 0) is 5.88 Å². The lowest BCUT2D eigenvalue weighted by Crippen LogP contribution is -2.30. The van der Waals surface area contributed by atoms with Gasteiger partial charge in [-0.3, -0.25) is 0 Å². The summed E-state index contributed by atoms with van der Waals surface area (Å²) in [6.07, 6.45) is 4.26. The molecule has 0 spiro atoms. The van der Waals surface area contributed by atoms with Crippen molar-refractivity contribution < 1.29 is 0 Å². The lowest BCUT2D eigenvalue weighted by Gasteiger charge is -2.28. The van der Waals surface area contributed by atoms with E-state index in [1.807, 2.05) is 6.20 Å². The Kier molecular flexibility index (Phi) is 7.02. The Hall–Kier alpha value is -0.280. The maximum Gasteiger partial charge on any atom is 0.133 e. The minimum atomic E-state index is 0.501. The van der Waals surface area contributed by atoms with Crippen molar-refractivity contribution in [2.45, 2.75) is 39.5 Å². The van der Waals surface area contributed by atoms with E-state index in [0.717, 1.165) is 34.9 Å². The fraction of sp³-hybridized carbons (Fsp3) is 0.643. The van der Waals surface area contributed by atoms with E-state index in [2.05, 4.69) is 52.7 Å². The molecular formula is C14H22BrClN2. The molecule has 0 bridgehead atoms. The summed E-state index contributed by atoms with van der Waals surface area (Å²) >= 11 is 9.47. The van der Waals surface area contributed by atoms with E-state index < -0.39 is 0 Å². The van der Waals surface area contributed by atoms with Crippen molar-refractivity contribution in [1.29, 1.82) is 0 Å². The number of alkyl halides is 1. The molecule has 0 amide bonds. The Morgan fingerprint density at radius 2 is 2.00 bits per heavy atom. The van der Waals surface area contributed by atoms with Crippen molar-refractivity contribution in [3.8, 4) is 0 Å². The summed E-state index contributed by atoms with van der Waals surface area (Å²) in [5.74, 6) is 2.25. The van der Waals surface area contributed by atoms with Crippen LogP contribution in [0.4, 0.5) is 5.82 Å². The first-order valence-electron chi connectivity index (χ1n) is 6.61. The molecule has 0 radical (unpaired) electrons. The lowest BCUT2D eigenvalue weighted by molar-refractivity contribution is 0.484. The van der Waals surface area contributed by atoms with Crippen LogP contribution in [0, 0.1) is 5.92 Å². The van der Waals surface area contributed by atoms with Crippen LogP contribution in [0.15, 0.2) is 16.7 Å². The molecular weight excluding hydrogens is 312 g/mol. The smallest absolute Gasteiger partial charge is 0.133 e. The highest BCUT2D eigenvalue weighted by Crippen LogP contribution is 2.24. The van der Waals surface area contributed by atoms with Crippen molar-refractivity contribution >= 4 is 33.3 Å². The molecule has 0 atom stereocenters. The van der Waals surface area contributed by atoms with Gasteiger partial charge in [0, 0.05) is 29.3 Å². The fourth-order valence-electron chi connectivity index (χ4n) is 2.08. The second kappa shape index (κ2) is 8.00. The number of halogens is 2. The van der Waals surface area contributed by atoms with Gasteiger partial charge >= 0.3 is 0 Å². The van der Waals surface area contributed by atoms with Gasteiger partial charge in [-0.1, -0.05) is 26.7 Å². The molecule has 0 fully saturated rings. The predicted octanol–water partition coefficient (Wildman–Crippen LogP) is 4.85. The summed E-state index contributed by atoms with van der Waals surface area (Å²) in [6, 6.07) is 2.06. The molecule has 102 valence electrons. The van der Waals surface area contributed by atoms with Gasteiger partial charge in [-0.25, -0.2) is 4.98 Å². The second-order valence-corrected chi connectivity index (χ2v) is 5.67. The van der Waals surface area contributed by atoms with Gasteiger partial charge in [-0.05, 0) is 34.8 Å². The summed E-state index contributed by atoms with van der Waals surface area (Å²) in [5, 5.41) is 0. The average molecular weight is 334 g/mol. The topological polar surface area (TPSA) is 16.1 Å². The number of nitrogens with zero attached hydrogens (tertiary/aromatic N) is 2. The first-order valence-corrected chi connectivity index (χ1v) is 7.94. The first-order chi connectivity index (χ1) is 8.65. The number of aromatic nitrogens is 1. The standard InChI is InChI=1S/C14H22BrClN2/c1-4-11(5-2)10-18(6-3)14-12(8-16)7-13(15)9-17-14/h7,9,11H,4-6,8,10H2,1-3H3. The molecule has 0 aromatic carbocycles. The fourth-order valence-corrected chi connectivity index (χ4v) is 2.66. The van der Waals surface area contributed by atoms with Gasteiger partial charge in [0.15, 0.2) is 0 Å². The summed E-state index contributed by atoms with van der Waals surface area (Å²) in [6.45, 7) is 8.69. The zero-order valence-electron chi connectivity index (χ0n) is 11.4. The van der Waals surface area contributed by atoms with Crippen molar-refractivity contribution in [1.82, 2.24) is 4.98 Å². The highest BCUT2D eigenvalue weighted by molar-refractivity contribution is 9.10. The molecule has 1 aromatic heterocycles. The highest BCUT2D eigenvalue weighted by Gasteiger charge is 2.15. The van der Waals surface area contributed by atoms with Crippen LogP contribution in [0.2, 0.25) is 0 Å². The zero-order chi connectivity index (χ0) is 13.5. The van der Waals surface area contributed by atoms with Gasteiger partial charge in [0.2, 0.25) is 0 Å². The maximum absolute atomic E-state index is 6.02. The van der Waals surface area contributed by atoms with Crippen LogP contribution in [-0.4, -0.2) is 18.1 Å². The summed E-state index contributed by atoms with van der Waals surface area (Å²) in [4.78, 5) is 6.87. The summed E-state index contributed by atoms with van der Waals surface area (Å²) in [5.41, 5.74) is 1.10. The Balaban J connectivity index is 2.93. The predicted molar refractivity (Wildman–Crippen MR) is 83.5 cm³/mol. The van der Waals surface area contributed by atoms with Gasteiger partial charge < -0.3 is 4.90 Å². The highest BCUT2D eigenvalue weighted by atomic mass is 79.9. The molecule has 1 aromatic rings. The van der Waals surface area contributed by atoms with E-state index >= 15 is 0 Å². The molecule has 0 unspecified atom stereocenters. The summed E-state index contributed by atoms with van der Waals surface area (Å²) < 4.78 is 0.987. The molecule has 4 heteroatoms. The third kappa shape index (κ3) is 4.13. The molecule has 18 heavy (non-hydrogen) atoms. The van der Waals surface area contributed by atoms with Crippen molar-refractivity contribution in [3.05, 3.63) is 22.3 Å². The number of hydrogen-bond acceptors (Lipinski definition) is 2. The Morgan fingerprint density at radius 1 is 1.33 bits per heavy atom. The molecule has 0 aliphatic heterocycles. The molecule has 0 N–H and O–H groups in total. The average Bonchev–Trinajstić information content (AvgIpc) is 2.41. The van der Waals surface area contributed by atoms with Crippen LogP contribution in [0.1, 0.15) is 39.2 Å². The minimum Gasteiger partial charge on any atom is -0.356 e. The molecule has 0 aliphatic rings. The molecule has 0 saturated carbocycles. The van der Waals surface area contributed by atoms with Crippen LogP contribution in [0.5, 0.6) is 0 Å². The van der Waals surface area contributed by atoms with E-state index in [-0.39, 0.29) is 0 Å². The van der Waals surface area contributed by atoms with Crippen LogP contribution < -0.4 is 4.90 Å². The van der Waals surface area contributed by atoms with Crippen LogP contribution in [0.3, 0.4) is 0 Å². The number of rotatable bonds is 7. The van der Waals surface area contributed by atoms with E-state index in [1.54, 1.807) is 0 Å². The van der Waals surface area contributed by atoms with E-state index in [1.165, 1.54) is 12.8 Å². The zero-order valence-corrected chi connectivity index (χ0v) is 13.8. The van der Waals surface area contributed by atoms with Crippen LogP contribution in [0.25, 0.3) is 0 Å². The largest absolute Gasteiger partial charge is 0.356 e. The monoisotopic (exact) mass is 332 g/mol. The first kappa shape index (κ1) is 15.8. The third-order valence-electron chi connectivity index (χ3n) is 3.37. The van der Waals surface area contributed by atoms with E-state index in [0.29, 0.717) is 5.88 Å². The van der Waals surface area contributed by atoms with Crippen LogP contribution >= 0.6 is 27.5 Å². The molecule has 1 rings (SSSR count). The Labute approximate surface area is 124 Å². The molecule has 0 aliphatic carbocycles. The maximum atomic E-state index is 6.02. The van der Waals surface area contributed by atoms with Gasteiger partial charge in [-0.15, -0.1) is 11.6 Å². The second-order valence-electron chi connectivity index (χ2n) is 4.49. The Morgan fingerprint density at radius 3 is 2.50 bits per heavy atom. The van der Waals surface area contributed by atoms with Crippen molar-refractivity contribution in [2.24, 2.45) is 5.92 Å². The Bertz CT molecular complexity index is 367. The third-order valence-corrected chi connectivity index (χ3v) is 4.09. The lowest BCUT2D eigenvalue weighted by atomic mass is 10.0. The van der Waals surface area contributed by atoms with Gasteiger partial charge in [0.05, 0.1) is 5.88 Å². The quantitative estimate of drug-likeness (QED) is 0.663. The van der Waals surface area contributed by atoms with Crippen molar-refractivity contribution in [3.63, 3.8) is 0 Å². The SMILES string of the molecule is CCC(CC)CN(CC)c1ncc(Br)cc1CCl. The number of pyridine rings is 1. The van der Waals surface area contributed by atoms with E-state index in [9.17, 15) is 0 Å². The minimum absolute atomic E-state index is 0.501. The molecule has 1 heterocycles. The molecule has 0 saturated heterocycles. The molecule has 2 nitrogen and oxygen atoms in total. The normalized spacial score (nSPS) is 11.0. The number of anilines is 1. The van der Waals surface area contributed by atoms with E-state index in [4.69, 9.17) is 11.6 Å². The summed E-state index contributed by atoms with van der Waals surface area (Å²) in [7, 11) is 0. The number of hydrogen-bond donors (Lipinski definition) is 0. The van der Waals surface area contributed by atoms with Gasteiger partial charge in [-0.2, -0.15) is 0 Å². The van der Waals surface area contributed by atoms with Gasteiger partial charge in [0.25, 0.3) is 0 Å². The van der Waals surface area contributed by atoms with Gasteiger partial charge in [0.1, 0.15) is 5.82 Å². The van der Waals surface area contributed by atoms with Crippen molar-refractivity contribution in [2.75, 3.05) is 18.0 Å².